The van der Waals surface area contributed by atoms with Gasteiger partial charge < -0.3 is 5.32 Å². The molecule has 2 rings (SSSR count). The maximum Gasteiger partial charge on any atom is 0.127 e. The zero-order valence-electron chi connectivity index (χ0n) is 11.2. The molecule has 2 atom stereocenters. The van der Waals surface area contributed by atoms with Crippen molar-refractivity contribution < 1.29 is 4.39 Å². The zero-order chi connectivity index (χ0) is 13.0. The van der Waals surface area contributed by atoms with Gasteiger partial charge in [0.15, 0.2) is 0 Å². The fourth-order valence-corrected chi connectivity index (χ4v) is 3.75. The van der Waals surface area contributed by atoms with Gasteiger partial charge in [-0.1, -0.05) is 24.6 Å². The molecule has 1 aromatic rings. The van der Waals surface area contributed by atoms with E-state index in [0.29, 0.717) is 12.6 Å². The molecule has 1 aromatic carbocycles. The summed E-state index contributed by atoms with van der Waals surface area (Å²) in [6, 6.07) is 5.89. The normalized spacial score (nSPS) is 23.5. The highest BCUT2D eigenvalue weighted by atomic mass is 32.2. The van der Waals surface area contributed by atoms with Gasteiger partial charge in [0.1, 0.15) is 5.82 Å². The summed E-state index contributed by atoms with van der Waals surface area (Å²) in [5.74, 6) is 1.11. The van der Waals surface area contributed by atoms with Crippen molar-refractivity contribution in [1.82, 2.24) is 5.32 Å². The van der Waals surface area contributed by atoms with Crippen LogP contribution in [0, 0.1) is 12.7 Å². The Morgan fingerprint density at radius 2 is 2.22 bits per heavy atom. The van der Waals surface area contributed by atoms with Gasteiger partial charge in [0.05, 0.1) is 0 Å². The Morgan fingerprint density at radius 1 is 1.39 bits per heavy atom. The second-order valence-electron chi connectivity index (χ2n) is 5.06. The molecule has 1 nitrogen and oxygen atoms in total. The molecule has 0 heterocycles. The van der Waals surface area contributed by atoms with Gasteiger partial charge in [0.25, 0.3) is 0 Å². The lowest BCUT2D eigenvalue weighted by Gasteiger charge is -2.13. The maximum absolute atomic E-state index is 13.6. The van der Waals surface area contributed by atoms with Crippen LogP contribution in [0.2, 0.25) is 0 Å². The highest BCUT2D eigenvalue weighted by Crippen LogP contribution is 2.29. The Kier molecular flexibility index (Phi) is 5.07. The summed E-state index contributed by atoms with van der Waals surface area (Å²) >= 11 is 2.06. The van der Waals surface area contributed by atoms with E-state index in [1.807, 2.05) is 19.1 Å². The van der Waals surface area contributed by atoms with E-state index in [-0.39, 0.29) is 5.82 Å². The quantitative estimate of drug-likeness (QED) is 0.868. The molecule has 3 heteroatoms. The second-order valence-corrected chi connectivity index (χ2v) is 6.64. The highest BCUT2D eigenvalue weighted by molar-refractivity contribution is 7.99. The summed E-state index contributed by atoms with van der Waals surface area (Å²) in [5, 5.41) is 4.30. The summed E-state index contributed by atoms with van der Waals surface area (Å²) in [7, 11) is 0. The largest absolute Gasteiger partial charge is 0.310 e. The standard InChI is InChI=1S/C15H22FNS/c1-3-18-14-6-5-13(9-14)17-10-12-8-11(2)4-7-15(12)16/h4,7-8,13-14,17H,3,5-6,9-10H2,1-2H3. The number of hydrogen-bond acceptors (Lipinski definition) is 2. The lowest BCUT2D eigenvalue weighted by Crippen LogP contribution is -2.26. The minimum absolute atomic E-state index is 0.0921. The van der Waals surface area contributed by atoms with Crippen LogP contribution in [0.5, 0.6) is 0 Å². The van der Waals surface area contributed by atoms with Gasteiger partial charge in [0, 0.05) is 23.4 Å². The van der Waals surface area contributed by atoms with Crippen LogP contribution in [-0.4, -0.2) is 17.0 Å². The van der Waals surface area contributed by atoms with E-state index in [0.717, 1.165) is 16.4 Å². The lowest BCUT2D eigenvalue weighted by molar-refractivity contribution is 0.509. The number of thioether (sulfide) groups is 1. The highest BCUT2D eigenvalue weighted by Gasteiger charge is 2.24. The minimum atomic E-state index is -0.0921. The molecule has 18 heavy (non-hydrogen) atoms. The predicted octanol–water partition coefficient (Wildman–Crippen LogP) is 3.90. The van der Waals surface area contributed by atoms with Crippen LogP contribution in [0.15, 0.2) is 18.2 Å². The zero-order valence-corrected chi connectivity index (χ0v) is 12.0. The number of halogens is 1. The van der Waals surface area contributed by atoms with Crippen LogP contribution >= 0.6 is 11.8 Å². The van der Waals surface area contributed by atoms with Gasteiger partial charge in [-0.3, -0.25) is 0 Å². The second kappa shape index (κ2) is 6.58. The van der Waals surface area contributed by atoms with Gasteiger partial charge in [0.2, 0.25) is 0 Å². The monoisotopic (exact) mass is 267 g/mol. The summed E-state index contributed by atoms with van der Waals surface area (Å²) < 4.78 is 13.6. The summed E-state index contributed by atoms with van der Waals surface area (Å²) in [5.41, 5.74) is 1.92. The molecule has 1 aliphatic carbocycles. The van der Waals surface area contributed by atoms with E-state index in [1.54, 1.807) is 6.07 Å². The smallest absolute Gasteiger partial charge is 0.127 e. The average molecular weight is 267 g/mol. The summed E-state index contributed by atoms with van der Waals surface area (Å²) in [6.07, 6.45) is 3.75. The number of nitrogens with one attached hydrogen (secondary N) is 1. The van der Waals surface area contributed by atoms with Crippen molar-refractivity contribution in [2.24, 2.45) is 0 Å². The topological polar surface area (TPSA) is 12.0 Å². The minimum Gasteiger partial charge on any atom is -0.310 e. The van der Waals surface area contributed by atoms with E-state index in [1.165, 1.54) is 25.0 Å². The molecule has 1 saturated carbocycles. The van der Waals surface area contributed by atoms with Crippen molar-refractivity contribution >= 4 is 11.8 Å². The lowest BCUT2D eigenvalue weighted by atomic mass is 10.1. The van der Waals surface area contributed by atoms with E-state index in [2.05, 4.69) is 24.0 Å². The van der Waals surface area contributed by atoms with Crippen molar-refractivity contribution in [3.05, 3.63) is 35.1 Å². The Morgan fingerprint density at radius 3 is 3.00 bits per heavy atom. The maximum atomic E-state index is 13.6. The SMILES string of the molecule is CCSC1CCC(NCc2cc(C)ccc2F)C1. The van der Waals surface area contributed by atoms with Crippen LogP contribution in [0.1, 0.15) is 37.3 Å². The molecule has 0 spiro atoms. The molecular weight excluding hydrogens is 245 g/mol. The van der Waals surface area contributed by atoms with Crippen LogP contribution in [0.25, 0.3) is 0 Å². The number of benzene rings is 1. The molecule has 0 amide bonds. The van der Waals surface area contributed by atoms with Gasteiger partial charge in [-0.05, 0) is 38.0 Å². The molecule has 2 unspecified atom stereocenters. The third kappa shape index (κ3) is 3.72. The van der Waals surface area contributed by atoms with Gasteiger partial charge in [-0.2, -0.15) is 11.8 Å². The molecule has 0 aromatic heterocycles. The van der Waals surface area contributed by atoms with Crippen molar-refractivity contribution in [2.45, 2.75) is 50.9 Å². The predicted molar refractivity (Wildman–Crippen MR) is 77.5 cm³/mol. The first-order valence-corrected chi connectivity index (χ1v) is 7.84. The molecule has 0 radical (unpaired) electrons. The third-order valence-corrected chi connectivity index (χ3v) is 4.80. The van der Waals surface area contributed by atoms with Crippen LogP contribution in [0.3, 0.4) is 0 Å². The fraction of sp³-hybridized carbons (Fsp3) is 0.600. The molecule has 0 bridgehead atoms. The number of aryl methyl sites for hydroxylation is 1. The number of rotatable bonds is 5. The summed E-state index contributed by atoms with van der Waals surface area (Å²) in [4.78, 5) is 0. The van der Waals surface area contributed by atoms with Crippen LogP contribution < -0.4 is 5.32 Å². The molecule has 0 aliphatic heterocycles. The summed E-state index contributed by atoms with van der Waals surface area (Å²) in [6.45, 7) is 4.88. The first kappa shape index (κ1) is 13.9. The van der Waals surface area contributed by atoms with Crippen LogP contribution in [0.4, 0.5) is 4.39 Å². The first-order valence-electron chi connectivity index (χ1n) is 6.79. The third-order valence-electron chi connectivity index (χ3n) is 3.57. The molecule has 100 valence electrons. The average Bonchev–Trinajstić information content (AvgIpc) is 2.79. The van der Waals surface area contributed by atoms with Gasteiger partial charge in [-0.25, -0.2) is 4.39 Å². The molecule has 1 aliphatic rings. The van der Waals surface area contributed by atoms with Gasteiger partial charge in [-0.15, -0.1) is 0 Å². The van der Waals surface area contributed by atoms with E-state index >= 15 is 0 Å². The van der Waals surface area contributed by atoms with E-state index in [9.17, 15) is 4.39 Å². The van der Waals surface area contributed by atoms with Crippen molar-refractivity contribution in [3.8, 4) is 0 Å². The Bertz CT molecular complexity index is 394. The Hall–Kier alpha value is -0.540. The van der Waals surface area contributed by atoms with Crippen molar-refractivity contribution in [2.75, 3.05) is 5.75 Å². The molecule has 1 N–H and O–H groups in total. The molecule has 0 saturated heterocycles. The Balaban J connectivity index is 1.83. The number of hydrogen-bond donors (Lipinski definition) is 1. The van der Waals surface area contributed by atoms with Crippen LogP contribution in [-0.2, 0) is 6.54 Å². The fourth-order valence-electron chi connectivity index (χ4n) is 2.61. The first-order chi connectivity index (χ1) is 8.69. The Labute approximate surface area is 114 Å². The van der Waals surface area contributed by atoms with Gasteiger partial charge >= 0.3 is 0 Å². The van der Waals surface area contributed by atoms with E-state index < -0.39 is 0 Å². The van der Waals surface area contributed by atoms with Crippen molar-refractivity contribution in [1.29, 1.82) is 0 Å². The van der Waals surface area contributed by atoms with E-state index in [4.69, 9.17) is 0 Å². The van der Waals surface area contributed by atoms with Crippen molar-refractivity contribution in [3.63, 3.8) is 0 Å². The molecular formula is C15H22FNS. The molecule has 1 fully saturated rings.